The minimum Gasteiger partial charge on any atom is -0.429 e. The fourth-order valence-electron chi connectivity index (χ4n) is 5.15. The maximum absolute atomic E-state index is 13.4. The van der Waals surface area contributed by atoms with Gasteiger partial charge in [-0.05, 0) is 53.1 Å². The summed E-state index contributed by atoms with van der Waals surface area (Å²) in [7, 11) is 0. The maximum atomic E-state index is 13.4. The molecule has 8 nitrogen and oxygen atoms in total. The summed E-state index contributed by atoms with van der Waals surface area (Å²) in [4.78, 5) is 13.4. The molecule has 0 radical (unpaired) electrons. The normalized spacial score (nSPS) is 19.1. The largest absolute Gasteiger partial charge is 0.429 e. The van der Waals surface area contributed by atoms with E-state index in [2.05, 4.69) is 10.2 Å². The van der Waals surface area contributed by atoms with Crippen LogP contribution < -0.4 is 0 Å². The smallest absolute Gasteiger partial charge is 0.340 e. The minimum atomic E-state index is -1.03. The Hall–Kier alpha value is -4.99. The number of carbonyl (C=O) groups is 1. The molecule has 0 amide bonds. The van der Waals surface area contributed by atoms with Gasteiger partial charge in [0.2, 0.25) is 6.29 Å². The van der Waals surface area contributed by atoms with Crippen molar-refractivity contribution < 1.29 is 28.5 Å². The van der Waals surface area contributed by atoms with E-state index >= 15 is 0 Å². The molecule has 1 aliphatic heterocycles. The van der Waals surface area contributed by atoms with Crippen molar-refractivity contribution in [2.45, 2.75) is 44.4 Å². The van der Waals surface area contributed by atoms with Gasteiger partial charge in [0.1, 0.15) is 18.3 Å². The average molecular weight is 629 g/mol. The molecule has 1 saturated heterocycles. The van der Waals surface area contributed by atoms with Gasteiger partial charge in [0, 0.05) is 0 Å². The summed E-state index contributed by atoms with van der Waals surface area (Å²) >= 11 is 0. The van der Waals surface area contributed by atoms with Crippen LogP contribution in [0.4, 0.5) is 11.4 Å². The molecule has 0 N–H and O–H groups in total. The number of azo groups is 1. The molecule has 0 aromatic heterocycles. The van der Waals surface area contributed by atoms with E-state index < -0.39 is 30.6 Å². The number of rotatable bonds is 14. The molecule has 5 aromatic carbocycles. The SMILES string of the molecule is O=C(O[C@@H]1O[C@H](COCc2ccccc2)[C@@H](OCc2ccccc2)[C@H]1OCc1ccccc1)c1ccc(N=Nc2ccccc2)cc1. The molecule has 1 aliphatic rings. The lowest BCUT2D eigenvalue weighted by Crippen LogP contribution is -2.40. The van der Waals surface area contributed by atoms with Gasteiger partial charge in [-0.15, -0.1) is 0 Å². The number of carbonyl (C=O) groups excluding carboxylic acids is 1. The first-order valence-corrected chi connectivity index (χ1v) is 15.6. The van der Waals surface area contributed by atoms with E-state index in [0.717, 1.165) is 22.4 Å². The summed E-state index contributed by atoms with van der Waals surface area (Å²) in [6.07, 6.45) is -2.88. The molecule has 0 bridgehead atoms. The summed E-state index contributed by atoms with van der Waals surface area (Å²) in [6.45, 7) is 1.23. The van der Waals surface area contributed by atoms with Crippen LogP contribution in [0.15, 0.2) is 156 Å². The van der Waals surface area contributed by atoms with Crippen LogP contribution >= 0.6 is 0 Å². The molecule has 5 aromatic rings. The van der Waals surface area contributed by atoms with Gasteiger partial charge in [0.15, 0.2) is 0 Å². The summed E-state index contributed by atoms with van der Waals surface area (Å²) < 4.78 is 31.3. The Balaban J connectivity index is 1.18. The lowest BCUT2D eigenvalue weighted by Gasteiger charge is -2.25. The van der Waals surface area contributed by atoms with E-state index in [1.54, 1.807) is 24.3 Å². The van der Waals surface area contributed by atoms with Gasteiger partial charge >= 0.3 is 5.97 Å². The van der Waals surface area contributed by atoms with E-state index in [1.807, 2.05) is 121 Å². The zero-order valence-corrected chi connectivity index (χ0v) is 25.8. The highest BCUT2D eigenvalue weighted by Gasteiger charge is 2.48. The Kier molecular flexibility index (Phi) is 11.2. The second-order valence-corrected chi connectivity index (χ2v) is 11.1. The Morgan fingerprint density at radius 3 is 1.57 bits per heavy atom. The first kappa shape index (κ1) is 32.0. The molecular weight excluding hydrogens is 592 g/mol. The summed E-state index contributed by atoms with van der Waals surface area (Å²) in [6, 6.07) is 45.8. The van der Waals surface area contributed by atoms with Crippen LogP contribution in [0.5, 0.6) is 0 Å². The van der Waals surface area contributed by atoms with Crippen molar-refractivity contribution in [2.24, 2.45) is 10.2 Å². The second kappa shape index (κ2) is 16.5. The third-order valence-corrected chi connectivity index (χ3v) is 7.59. The Labute approximate surface area is 274 Å². The van der Waals surface area contributed by atoms with Crippen molar-refractivity contribution in [1.29, 1.82) is 0 Å². The van der Waals surface area contributed by atoms with E-state index in [1.165, 1.54) is 0 Å². The van der Waals surface area contributed by atoms with E-state index in [0.29, 0.717) is 24.5 Å². The molecule has 4 atom stereocenters. The molecule has 0 aliphatic carbocycles. The number of benzene rings is 5. The van der Waals surface area contributed by atoms with Crippen molar-refractivity contribution in [3.63, 3.8) is 0 Å². The highest BCUT2D eigenvalue weighted by atomic mass is 16.7. The van der Waals surface area contributed by atoms with Crippen LogP contribution in [0.2, 0.25) is 0 Å². The van der Waals surface area contributed by atoms with Gasteiger partial charge in [-0.25, -0.2) is 4.79 Å². The Morgan fingerprint density at radius 2 is 1.02 bits per heavy atom. The summed E-state index contributed by atoms with van der Waals surface area (Å²) in [5, 5.41) is 8.49. The van der Waals surface area contributed by atoms with Crippen LogP contribution in [0.3, 0.4) is 0 Å². The van der Waals surface area contributed by atoms with Crippen LogP contribution in [0.1, 0.15) is 27.0 Å². The first-order chi connectivity index (χ1) is 23.2. The molecule has 0 unspecified atom stereocenters. The zero-order chi connectivity index (χ0) is 32.1. The number of hydrogen-bond acceptors (Lipinski definition) is 8. The number of nitrogens with zero attached hydrogens (tertiary/aromatic N) is 2. The quantitative estimate of drug-likeness (QED) is 0.0907. The van der Waals surface area contributed by atoms with Gasteiger partial charge in [0.05, 0.1) is 43.4 Å². The van der Waals surface area contributed by atoms with E-state index in [-0.39, 0.29) is 13.2 Å². The summed E-state index contributed by atoms with van der Waals surface area (Å²) in [5.41, 5.74) is 4.71. The molecule has 0 spiro atoms. The monoisotopic (exact) mass is 628 g/mol. The van der Waals surface area contributed by atoms with Crippen molar-refractivity contribution in [2.75, 3.05) is 6.61 Å². The predicted molar refractivity (Wildman–Crippen MR) is 177 cm³/mol. The molecule has 6 rings (SSSR count). The lowest BCUT2D eigenvalue weighted by atomic mass is 10.1. The van der Waals surface area contributed by atoms with E-state index in [9.17, 15) is 4.79 Å². The second-order valence-electron chi connectivity index (χ2n) is 11.1. The highest BCUT2D eigenvalue weighted by molar-refractivity contribution is 5.89. The Bertz CT molecular complexity index is 1690. The van der Waals surface area contributed by atoms with Crippen LogP contribution in [-0.4, -0.2) is 37.2 Å². The van der Waals surface area contributed by atoms with Gasteiger partial charge < -0.3 is 23.7 Å². The third kappa shape index (κ3) is 9.28. The third-order valence-electron chi connectivity index (χ3n) is 7.59. The lowest BCUT2D eigenvalue weighted by molar-refractivity contribution is -0.157. The average Bonchev–Trinajstić information content (AvgIpc) is 3.45. The molecule has 0 saturated carbocycles. The van der Waals surface area contributed by atoms with Crippen LogP contribution in [0.25, 0.3) is 0 Å². The van der Waals surface area contributed by atoms with Gasteiger partial charge in [0.25, 0.3) is 0 Å². The van der Waals surface area contributed by atoms with E-state index in [4.69, 9.17) is 23.7 Å². The van der Waals surface area contributed by atoms with Crippen LogP contribution in [0, 0.1) is 0 Å². The summed E-state index contributed by atoms with van der Waals surface area (Å²) in [5.74, 6) is -0.553. The number of esters is 1. The van der Waals surface area contributed by atoms with Crippen molar-refractivity contribution in [3.05, 3.63) is 168 Å². The topological polar surface area (TPSA) is 87.9 Å². The fraction of sp³-hybridized carbons (Fsp3) is 0.205. The van der Waals surface area contributed by atoms with Crippen molar-refractivity contribution >= 4 is 17.3 Å². The number of ether oxygens (including phenoxy) is 5. The highest BCUT2D eigenvalue weighted by Crippen LogP contribution is 2.31. The van der Waals surface area contributed by atoms with Crippen LogP contribution in [-0.2, 0) is 43.5 Å². The molecule has 8 heteroatoms. The zero-order valence-electron chi connectivity index (χ0n) is 25.8. The maximum Gasteiger partial charge on any atom is 0.340 e. The van der Waals surface area contributed by atoms with Crippen molar-refractivity contribution in [1.82, 2.24) is 0 Å². The molecule has 47 heavy (non-hydrogen) atoms. The van der Waals surface area contributed by atoms with Gasteiger partial charge in [-0.3, -0.25) is 0 Å². The fourth-order valence-corrected chi connectivity index (χ4v) is 5.15. The van der Waals surface area contributed by atoms with Gasteiger partial charge in [-0.1, -0.05) is 109 Å². The molecule has 238 valence electrons. The van der Waals surface area contributed by atoms with Crippen molar-refractivity contribution in [3.8, 4) is 0 Å². The minimum absolute atomic E-state index is 0.217. The predicted octanol–water partition coefficient (Wildman–Crippen LogP) is 8.37. The molecular formula is C39H36N2O6. The van der Waals surface area contributed by atoms with Gasteiger partial charge in [-0.2, -0.15) is 10.2 Å². The number of hydrogen-bond donors (Lipinski definition) is 0. The molecule has 1 fully saturated rings. The standard InChI is InChI=1S/C39H36N2O6/c42-38(32-21-23-34(24-22-32)41-40-33-19-11-4-12-20-33)47-39-37(45-27-31-17-9-3-10-18-31)36(44-26-30-15-7-2-8-16-30)35(46-39)28-43-25-29-13-5-1-6-14-29/h1-24,35-37,39H,25-28H2/t35-,36-,37-,39+/m1/s1. The Morgan fingerprint density at radius 1 is 0.553 bits per heavy atom. The molecule has 1 heterocycles. The first-order valence-electron chi connectivity index (χ1n) is 15.6.